The number of nitrogens with zero attached hydrogens (tertiary/aromatic N) is 5. The van der Waals surface area contributed by atoms with Gasteiger partial charge >= 0.3 is 0 Å². The normalized spacial score (nSPS) is 12.2. The SMILES string of the molecule is CN=CC/C(C)=C\NC(=O)c1nc(-c2ccc3[nH]c(-c4nc(C)no4)cc3n2)c(C)[nH]1. The van der Waals surface area contributed by atoms with Crippen LogP contribution in [0, 0.1) is 13.8 Å². The predicted molar refractivity (Wildman–Crippen MR) is 117 cm³/mol. The van der Waals surface area contributed by atoms with E-state index in [0.29, 0.717) is 35.2 Å². The van der Waals surface area contributed by atoms with Crippen LogP contribution in [0.2, 0.25) is 0 Å². The Labute approximate surface area is 177 Å². The van der Waals surface area contributed by atoms with Crippen molar-refractivity contribution in [3.8, 4) is 23.0 Å². The highest BCUT2D eigenvalue weighted by atomic mass is 16.5. The van der Waals surface area contributed by atoms with Crippen molar-refractivity contribution >= 4 is 23.2 Å². The van der Waals surface area contributed by atoms with Crippen LogP contribution in [-0.2, 0) is 0 Å². The van der Waals surface area contributed by atoms with E-state index < -0.39 is 0 Å². The molecule has 10 heteroatoms. The van der Waals surface area contributed by atoms with E-state index in [1.54, 1.807) is 26.4 Å². The number of nitrogens with one attached hydrogen (secondary N) is 3. The second-order valence-electron chi connectivity index (χ2n) is 7.13. The Morgan fingerprint density at radius 3 is 2.81 bits per heavy atom. The number of imidazole rings is 1. The van der Waals surface area contributed by atoms with Crippen molar-refractivity contribution in [2.45, 2.75) is 27.2 Å². The van der Waals surface area contributed by atoms with Gasteiger partial charge in [0.2, 0.25) is 0 Å². The number of pyridine rings is 1. The minimum absolute atomic E-state index is 0.221. The molecule has 0 aromatic carbocycles. The van der Waals surface area contributed by atoms with Gasteiger partial charge in [0.05, 0.1) is 16.7 Å². The van der Waals surface area contributed by atoms with Crippen molar-refractivity contribution in [1.29, 1.82) is 0 Å². The molecule has 0 atom stereocenters. The van der Waals surface area contributed by atoms with Crippen LogP contribution in [0.3, 0.4) is 0 Å². The van der Waals surface area contributed by atoms with Gasteiger partial charge in [0.1, 0.15) is 11.4 Å². The van der Waals surface area contributed by atoms with E-state index in [4.69, 9.17) is 4.52 Å². The molecule has 0 fully saturated rings. The molecule has 1 amide bonds. The first-order chi connectivity index (χ1) is 14.9. The molecule has 4 aromatic rings. The molecule has 158 valence electrons. The van der Waals surface area contributed by atoms with Gasteiger partial charge in [0.25, 0.3) is 11.8 Å². The molecule has 0 saturated heterocycles. The van der Waals surface area contributed by atoms with Crippen LogP contribution in [0.25, 0.3) is 34.0 Å². The van der Waals surface area contributed by atoms with E-state index in [-0.39, 0.29) is 11.7 Å². The topological polar surface area (TPSA) is 138 Å². The molecule has 0 saturated carbocycles. The molecule has 4 aromatic heterocycles. The molecule has 0 radical (unpaired) electrons. The molecule has 4 rings (SSSR count). The highest BCUT2D eigenvalue weighted by Gasteiger charge is 2.17. The Bertz CT molecular complexity index is 1310. The molecule has 10 nitrogen and oxygen atoms in total. The summed E-state index contributed by atoms with van der Waals surface area (Å²) in [5.41, 5.74) is 5.24. The summed E-state index contributed by atoms with van der Waals surface area (Å²) < 4.78 is 5.21. The molecule has 31 heavy (non-hydrogen) atoms. The van der Waals surface area contributed by atoms with Gasteiger partial charge < -0.3 is 24.8 Å². The monoisotopic (exact) mass is 418 g/mol. The third kappa shape index (κ3) is 4.27. The second-order valence-corrected chi connectivity index (χ2v) is 7.13. The third-order valence-corrected chi connectivity index (χ3v) is 4.62. The van der Waals surface area contributed by atoms with Crippen LogP contribution in [0.15, 0.2) is 39.5 Å². The maximum absolute atomic E-state index is 12.5. The average molecular weight is 418 g/mol. The molecule has 4 heterocycles. The average Bonchev–Trinajstić information content (AvgIpc) is 3.47. The summed E-state index contributed by atoms with van der Waals surface area (Å²) in [5.74, 6) is 0.863. The number of rotatable bonds is 6. The number of amides is 1. The van der Waals surface area contributed by atoms with Crippen molar-refractivity contribution in [2.75, 3.05) is 7.05 Å². The zero-order valence-corrected chi connectivity index (χ0v) is 17.6. The maximum atomic E-state index is 12.5. The summed E-state index contributed by atoms with van der Waals surface area (Å²) in [6.45, 7) is 5.53. The third-order valence-electron chi connectivity index (χ3n) is 4.62. The summed E-state index contributed by atoms with van der Waals surface area (Å²) >= 11 is 0. The maximum Gasteiger partial charge on any atom is 0.291 e. The van der Waals surface area contributed by atoms with Crippen molar-refractivity contribution in [3.05, 3.63) is 47.3 Å². The summed E-state index contributed by atoms with van der Waals surface area (Å²) in [4.78, 5) is 36.0. The number of aryl methyl sites for hydroxylation is 2. The number of aromatic amines is 2. The fourth-order valence-corrected chi connectivity index (χ4v) is 3.03. The van der Waals surface area contributed by atoms with E-state index >= 15 is 0 Å². The molecule has 0 aliphatic carbocycles. The molecule has 0 aliphatic heterocycles. The minimum atomic E-state index is -0.320. The lowest BCUT2D eigenvalue weighted by Crippen LogP contribution is -2.19. The number of H-pyrrole nitrogens is 2. The van der Waals surface area contributed by atoms with Gasteiger partial charge in [-0.3, -0.25) is 4.79 Å². The first-order valence-electron chi connectivity index (χ1n) is 9.69. The summed E-state index contributed by atoms with van der Waals surface area (Å²) in [7, 11) is 1.71. The van der Waals surface area contributed by atoms with Crippen molar-refractivity contribution in [2.24, 2.45) is 4.99 Å². The fourth-order valence-electron chi connectivity index (χ4n) is 3.03. The second kappa shape index (κ2) is 8.34. The molecular weight excluding hydrogens is 396 g/mol. The van der Waals surface area contributed by atoms with Crippen molar-refractivity contribution < 1.29 is 9.32 Å². The van der Waals surface area contributed by atoms with E-state index in [1.165, 1.54) is 0 Å². The molecule has 0 unspecified atom stereocenters. The standard InChI is InChI=1S/C21H22N8O2/c1-11(7-8-22-4)10-23-20(30)19-24-12(2)18(28-19)15-6-5-14-16(27-15)9-17(26-14)21-25-13(3)29-31-21/h5-6,8-10,26H,7H2,1-4H3,(H,23,30)(H,24,28)/b11-10-,22-8?. The number of hydrogen-bond donors (Lipinski definition) is 3. The Hall–Kier alpha value is -4.08. The Morgan fingerprint density at radius 1 is 1.23 bits per heavy atom. The lowest BCUT2D eigenvalue weighted by atomic mass is 10.2. The van der Waals surface area contributed by atoms with E-state index in [0.717, 1.165) is 22.3 Å². The van der Waals surface area contributed by atoms with E-state index in [9.17, 15) is 4.79 Å². The molecule has 0 spiro atoms. The largest absolute Gasteiger partial charge is 0.349 e. The van der Waals surface area contributed by atoms with Crippen LogP contribution < -0.4 is 5.32 Å². The smallest absolute Gasteiger partial charge is 0.291 e. The van der Waals surface area contributed by atoms with Gasteiger partial charge in [-0.1, -0.05) is 10.7 Å². The van der Waals surface area contributed by atoms with Gasteiger partial charge in [-0.25, -0.2) is 9.97 Å². The van der Waals surface area contributed by atoms with Crippen LogP contribution >= 0.6 is 0 Å². The fraction of sp³-hybridized carbons (Fsp3) is 0.238. The van der Waals surface area contributed by atoms with Gasteiger partial charge in [0.15, 0.2) is 11.6 Å². The zero-order valence-electron chi connectivity index (χ0n) is 17.6. The lowest BCUT2D eigenvalue weighted by Gasteiger charge is -1.99. The number of allylic oxidation sites excluding steroid dienone is 1. The summed E-state index contributed by atoms with van der Waals surface area (Å²) in [5, 5.41) is 6.56. The molecular formula is C21H22N8O2. The first kappa shape index (κ1) is 20.2. The number of fused-ring (bicyclic) bond motifs is 1. The molecule has 3 N–H and O–H groups in total. The number of carbonyl (C=O) groups excluding carboxylic acids is 1. The van der Waals surface area contributed by atoms with E-state index in [1.807, 2.05) is 32.0 Å². The van der Waals surface area contributed by atoms with Crippen LogP contribution in [-0.4, -0.2) is 49.2 Å². The Balaban J connectivity index is 1.58. The van der Waals surface area contributed by atoms with Crippen LogP contribution in [0.5, 0.6) is 0 Å². The van der Waals surface area contributed by atoms with Gasteiger partial charge in [0, 0.05) is 31.6 Å². The Morgan fingerprint density at radius 2 is 2.06 bits per heavy atom. The predicted octanol–water partition coefficient (Wildman–Crippen LogP) is 3.34. The number of aromatic nitrogens is 6. The number of aliphatic imine (C=N–C) groups is 1. The Kier molecular flexibility index (Phi) is 5.44. The lowest BCUT2D eigenvalue weighted by molar-refractivity contribution is 0.0960. The van der Waals surface area contributed by atoms with Crippen molar-refractivity contribution in [1.82, 2.24) is 35.4 Å². The highest BCUT2D eigenvalue weighted by Crippen LogP contribution is 2.26. The van der Waals surface area contributed by atoms with Crippen LogP contribution in [0.1, 0.15) is 35.5 Å². The van der Waals surface area contributed by atoms with Gasteiger partial charge in [-0.2, -0.15) is 4.98 Å². The quantitative estimate of drug-likeness (QED) is 0.411. The summed E-state index contributed by atoms with van der Waals surface area (Å²) in [6, 6.07) is 5.59. The van der Waals surface area contributed by atoms with Gasteiger partial charge in [-0.15, -0.1) is 0 Å². The van der Waals surface area contributed by atoms with Gasteiger partial charge in [-0.05, 0) is 39.0 Å². The highest BCUT2D eigenvalue weighted by molar-refractivity contribution is 5.92. The summed E-state index contributed by atoms with van der Waals surface area (Å²) in [6.07, 6.45) is 4.11. The minimum Gasteiger partial charge on any atom is -0.349 e. The molecule has 0 aliphatic rings. The zero-order chi connectivity index (χ0) is 22.0. The van der Waals surface area contributed by atoms with E-state index in [2.05, 4.69) is 40.4 Å². The van der Waals surface area contributed by atoms with Crippen LogP contribution in [0.4, 0.5) is 0 Å². The van der Waals surface area contributed by atoms with Crippen molar-refractivity contribution in [3.63, 3.8) is 0 Å². The number of hydrogen-bond acceptors (Lipinski definition) is 7. The first-order valence-corrected chi connectivity index (χ1v) is 9.69. The molecule has 0 bridgehead atoms. The number of carbonyl (C=O) groups is 1.